The minimum atomic E-state index is 0.564. The number of allylic oxidation sites excluding steroid dienone is 1. The highest BCUT2D eigenvalue weighted by Crippen LogP contribution is 2.22. The van der Waals surface area contributed by atoms with Gasteiger partial charge in [0.05, 0.1) is 6.20 Å². The van der Waals surface area contributed by atoms with Crippen molar-refractivity contribution in [2.24, 2.45) is 0 Å². The van der Waals surface area contributed by atoms with E-state index in [4.69, 9.17) is 0 Å². The van der Waals surface area contributed by atoms with Gasteiger partial charge in [0.15, 0.2) is 0 Å². The number of nitrogens with one attached hydrogen (secondary N) is 1. The van der Waals surface area contributed by atoms with Gasteiger partial charge in [0, 0.05) is 18.8 Å². The lowest BCUT2D eigenvalue weighted by Crippen LogP contribution is -2.32. The molecule has 20 heavy (non-hydrogen) atoms. The van der Waals surface area contributed by atoms with Crippen LogP contribution in [0.5, 0.6) is 0 Å². The molecule has 1 atom stereocenters. The topological polar surface area (TPSA) is 29.9 Å². The van der Waals surface area contributed by atoms with Gasteiger partial charge >= 0.3 is 0 Å². The molecule has 0 aromatic carbocycles. The number of hydrogen-bond acceptors (Lipinski definition) is 2. The molecule has 1 aromatic heterocycles. The fourth-order valence-electron chi connectivity index (χ4n) is 2.94. The predicted octanol–water partition coefficient (Wildman–Crippen LogP) is 3.70. The third-order valence-electron chi connectivity index (χ3n) is 4.07. The molecule has 0 radical (unpaired) electrons. The van der Waals surface area contributed by atoms with Crippen LogP contribution in [0.25, 0.3) is 0 Å². The van der Waals surface area contributed by atoms with Crippen LogP contribution in [0.15, 0.2) is 24.0 Å². The molecule has 3 nitrogen and oxygen atoms in total. The predicted molar refractivity (Wildman–Crippen MR) is 84.9 cm³/mol. The standard InChI is InChI=1S/C17H29N3/c1-3-10-18-17(11-15-8-6-5-7-9-15)12-16-13-19-20(4-2)14-16/h8,13-14,17-18H,3-7,9-12H2,1-2H3. The van der Waals surface area contributed by atoms with E-state index in [0.29, 0.717) is 6.04 Å². The van der Waals surface area contributed by atoms with Crippen molar-refractivity contribution in [2.45, 2.75) is 71.4 Å². The molecular weight excluding hydrogens is 246 g/mol. The van der Waals surface area contributed by atoms with Crippen LogP contribution in [0, 0.1) is 0 Å². The molecule has 0 spiro atoms. The molecule has 1 aromatic rings. The first-order valence-corrected chi connectivity index (χ1v) is 8.24. The van der Waals surface area contributed by atoms with E-state index in [1.165, 1.54) is 44.1 Å². The van der Waals surface area contributed by atoms with Crippen LogP contribution in [0.2, 0.25) is 0 Å². The molecule has 1 aliphatic carbocycles. The normalized spacial score (nSPS) is 17.0. The third kappa shape index (κ3) is 4.78. The van der Waals surface area contributed by atoms with Crippen molar-refractivity contribution in [3.8, 4) is 0 Å². The first kappa shape index (κ1) is 15.3. The molecule has 0 saturated carbocycles. The summed E-state index contributed by atoms with van der Waals surface area (Å²) in [5.74, 6) is 0. The van der Waals surface area contributed by atoms with E-state index < -0.39 is 0 Å². The molecule has 0 aliphatic heterocycles. The smallest absolute Gasteiger partial charge is 0.0522 e. The molecule has 1 aliphatic rings. The van der Waals surface area contributed by atoms with Gasteiger partial charge in [-0.15, -0.1) is 0 Å². The van der Waals surface area contributed by atoms with Gasteiger partial charge in [-0.2, -0.15) is 5.10 Å². The van der Waals surface area contributed by atoms with Crippen molar-refractivity contribution < 1.29 is 0 Å². The summed E-state index contributed by atoms with van der Waals surface area (Å²) in [7, 11) is 0. The van der Waals surface area contributed by atoms with Crippen LogP contribution in [-0.2, 0) is 13.0 Å². The Morgan fingerprint density at radius 3 is 2.85 bits per heavy atom. The zero-order valence-corrected chi connectivity index (χ0v) is 13.1. The summed E-state index contributed by atoms with van der Waals surface area (Å²) in [6.45, 7) is 6.44. The zero-order chi connectivity index (χ0) is 14.2. The molecule has 0 saturated heterocycles. The summed E-state index contributed by atoms with van der Waals surface area (Å²) in [6.07, 6.45) is 15.5. The van der Waals surface area contributed by atoms with E-state index in [1.54, 1.807) is 5.57 Å². The van der Waals surface area contributed by atoms with Gasteiger partial charge in [0.2, 0.25) is 0 Å². The highest BCUT2D eigenvalue weighted by atomic mass is 15.3. The van der Waals surface area contributed by atoms with Gasteiger partial charge < -0.3 is 5.32 Å². The summed E-state index contributed by atoms with van der Waals surface area (Å²) in [5, 5.41) is 8.10. The van der Waals surface area contributed by atoms with Crippen LogP contribution in [-0.4, -0.2) is 22.4 Å². The Balaban J connectivity index is 1.93. The van der Waals surface area contributed by atoms with Crippen LogP contribution in [0.1, 0.15) is 57.9 Å². The minimum absolute atomic E-state index is 0.564. The molecule has 1 unspecified atom stereocenters. The second-order valence-corrected chi connectivity index (χ2v) is 5.87. The van der Waals surface area contributed by atoms with Gasteiger partial charge in [-0.05, 0) is 64.0 Å². The maximum Gasteiger partial charge on any atom is 0.0522 e. The molecule has 1 N–H and O–H groups in total. The van der Waals surface area contributed by atoms with E-state index in [-0.39, 0.29) is 0 Å². The fourth-order valence-corrected chi connectivity index (χ4v) is 2.94. The van der Waals surface area contributed by atoms with Gasteiger partial charge in [-0.3, -0.25) is 4.68 Å². The molecule has 0 amide bonds. The lowest BCUT2D eigenvalue weighted by atomic mass is 9.92. The highest BCUT2D eigenvalue weighted by molar-refractivity contribution is 5.11. The molecule has 112 valence electrons. The maximum absolute atomic E-state index is 4.39. The SMILES string of the molecule is CCCNC(CC1=CCCCC1)Cc1cnn(CC)c1. The van der Waals surface area contributed by atoms with Crippen LogP contribution in [0.3, 0.4) is 0 Å². The van der Waals surface area contributed by atoms with E-state index in [9.17, 15) is 0 Å². The summed E-state index contributed by atoms with van der Waals surface area (Å²) in [5.41, 5.74) is 3.02. The van der Waals surface area contributed by atoms with Crippen molar-refractivity contribution in [1.29, 1.82) is 0 Å². The second-order valence-electron chi connectivity index (χ2n) is 5.87. The monoisotopic (exact) mass is 275 g/mol. The molecule has 0 bridgehead atoms. The highest BCUT2D eigenvalue weighted by Gasteiger charge is 2.14. The van der Waals surface area contributed by atoms with Gasteiger partial charge in [-0.25, -0.2) is 0 Å². The average molecular weight is 275 g/mol. The van der Waals surface area contributed by atoms with Crippen molar-refractivity contribution in [3.63, 3.8) is 0 Å². The number of hydrogen-bond donors (Lipinski definition) is 1. The second kappa shape index (κ2) is 8.25. The summed E-state index contributed by atoms with van der Waals surface area (Å²) in [4.78, 5) is 0. The van der Waals surface area contributed by atoms with Gasteiger partial charge in [0.25, 0.3) is 0 Å². The molecular formula is C17H29N3. The van der Waals surface area contributed by atoms with E-state index >= 15 is 0 Å². The molecule has 2 rings (SSSR count). The van der Waals surface area contributed by atoms with Gasteiger partial charge in [-0.1, -0.05) is 18.6 Å². The number of aryl methyl sites for hydroxylation is 1. The number of rotatable bonds is 8. The average Bonchev–Trinajstić information content (AvgIpc) is 2.93. The van der Waals surface area contributed by atoms with Crippen LogP contribution >= 0.6 is 0 Å². The van der Waals surface area contributed by atoms with E-state index in [0.717, 1.165) is 19.5 Å². The lowest BCUT2D eigenvalue weighted by molar-refractivity contribution is 0.490. The van der Waals surface area contributed by atoms with E-state index in [2.05, 4.69) is 36.5 Å². The Morgan fingerprint density at radius 1 is 1.30 bits per heavy atom. The number of nitrogens with zero attached hydrogens (tertiary/aromatic N) is 2. The molecule has 0 fully saturated rings. The fraction of sp³-hybridized carbons (Fsp3) is 0.706. The summed E-state index contributed by atoms with van der Waals surface area (Å²) >= 11 is 0. The Labute approximate surface area is 123 Å². The van der Waals surface area contributed by atoms with Crippen LogP contribution in [0.4, 0.5) is 0 Å². The van der Waals surface area contributed by atoms with Crippen molar-refractivity contribution in [1.82, 2.24) is 15.1 Å². The summed E-state index contributed by atoms with van der Waals surface area (Å²) in [6, 6.07) is 0.564. The quantitative estimate of drug-likeness (QED) is 0.733. The molecule has 1 heterocycles. The van der Waals surface area contributed by atoms with Crippen LogP contribution < -0.4 is 5.32 Å². The first-order valence-electron chi connectivity index (χ1n) is 8.24. The maximum atomic E-state index is 4.39. The Kier molecular flexibility index (Phi) is 6.31. The van der Waals surface area contributed by atoms with Crippen molar-refractivity contribution >= 4 is 0 Å². The zero-order valence-electron chi connectivity index (χ0n) is 13.1. The third-order valence-corrected chi connectivity index (χ3v) is 4.07. The Morgan fingerprint density at radius 2 is 2.20 bits per heavy atom. The summed E-state index contributed by atoms with van der Waals surface area (Å²) < 4.78 is 2.02. The van der Waals surface area contributed by atoms with Gasteiger partial charge in [0.1, 0.15) is 0 Å². The van der Waals surface area contributed by atoms with E-state index in [1.807, 2.05) is 10.9 Å². The largest absolute Gasteiger partial charge is 0.313 e. The number of aromatic nitrogens is 2. The minimum Gasteiger partial charge on any atom is -0.313 e. The lowest BCUT2D eigenvalue weighted by Gasteiger charge is -2.21. The Hall–Kier alpha value is -1.09. The molecule has 3 heteroatoms. The first-order chi connectivity index (χ1) is 9.81. The van der Waals surface area contributed by atoms with Crippen molar-refractivity contribution in [3.05, 3.63) is 29.6 Å². The Bertz CT molecular complexity index is 420. The van der Waals surface area contributed by atoms with Crippen molar-refractivity contribution in [2.75, 3.05) is 6.54 Å².